The van der Waals surface area contributed by atoms with Crippen LogP contribution in [0.5, 0.6) is 11.5 Å². The van der Waals surface area contributed by atoms with Gasteiger partial charge in [0.05, 0.1) is 13.2 Å². The van der Waals surface area contributed by atoms with E-state index in [0.29, 0.717) is 24.6 Å². The minimum atomic E-state index is -1.01. The van der Waals surface area contributed by atoms with Gasteiger partial charge in [0.25, 0.3) is 0 Å². The molecule has 36 heavy (non-hydrogen) atoms. The predicted octanol–water partition coefficient (Wildman–Crippen LogP) is 7.32. The van der Waals surface area contributed by atoms with Gasteiger partial charge in [0.2, 0.25) is 0 Å². The maximum atomic E-state index is 12.6. The lowest BCUT2D eigenvalue weighted by Crippen LogP contribution is -2.37. The lowest BCUT2D eigenvalue weighted by atomic mass is 10.1. The average Bonchev–Trinajstić information content (AvgIpc) is 2.89. The Hall–Kier alpha value is -3.02. The third-order valence-corrected chi connectivity index (χ3v) is 6.14. The van der Waals surface area contributed by atoms with Crippen LogP contribution in [0.15, 0.2) is 48.5 Å². The van der Waals surface area contributed by atoms with E-state index in [2.05, 4.69) is 13.8 Å². The van der Waals surface area contributed by atoms with E-state index in [1.54, 1.807) is 24.3 Å². The number of carbonyl (C=O) groups excluding carboxylic acids is 2. The third-order valence-electron chi connectivity index (χ3n) is 6.14. The molecular weight excluding hydrogens is 452 g/mol. The summed E-state index contributed by atoms with van der Waals surface area (Å²) in [6.45, 7) is 5.75. The van der Waals surface area contributed by atoms with Crippen LogP contribution in [-0.2, 0) is 9.59 Å². The summed E-state index contributed by atoms with van der Waals surface area (Å²) in [7, 11) is 0. The summed E-state index contributed by atoms with van der Waals surface area (Å²) in [5.41, 5.74) is 6.44. The topological polar surface area (TPSA) is 81.9 Å². The van der Waals surface area contributed by atoms with E-state index in [1.165, 1.54) is 56.3 Å². The molecule has 2 aromatic carbocycles. The Morgan fingerprint density at radius 2 is 0.972 bits per heavy atom. The predicted molar refractivity (Wildman–Crippen MR) is 147 cm³/mol. The highest BCUT2D eigenvalue weighted by molar-refractivity contribution is 6.41. The average molecular weight is 497 g/mol. The zero-order valence-corrected chi connectivity index (χ0v) is 22.2. The minimum Gasteiger partial charge on any atom is -0.494 e. The fourth-order valence-corrected chi connectivity index (χ4v) is 4.02. The van der Waals surface area contributed by atoms with Gasteiger partial charge in [0, 0.05) is 11.4 Å². The van der Waals surface area contributed by atoms with E-state index >= 15 is 0 Å². The van der Waals surface area contributed by atoms with Gasteiger partial charge < -0.3 is 15.2 Å². The number of amides is 2. The number of carbonyl (C=O) groups is 2. The van der Waals surface area contributed by atoms with Gasteiger partial charge in [-0.15, -0.1) is 0 Å². The molecule has 0 aromatic heterocycles. The summed E-state index contributed by atoms with van der Waals surface area (Å²) >= 11 is 0. The molecule has 198 valence electrons. The zero-order valence-electron chi connectivity index (χ0n) is 22.2. The molecule has 0 spiro atoms. The standard InChI is InChI=1S/C30H44N2O4/c1-3-5-7-9-11-13-23-35-27-19-15-25(16-20-27)32(30(34)29(31)33)26-17-21-28(22-18-26)36-24-14-12-10-8-6-4-2/h15-22H,3-14,23-24H2,1-2H3,(H2,31,33). The van der Waals surface area contributed by atoms with Crippen molar-refractivity contribution in [2.75, 3.05) is 18.1 Å². The summed E-state index contributed by atoms with van der Waals surface area (Å²) in [4.78, 5) is 25.7. The number of hydrogen-bond acceptors (Lipinski definition) is 4. The number of hydrogen-bond donors (Lipinski definition) is 1. The van der Waals surface area contributed by atoms with Crippen LogP contribution >= 0.6 is 0 Å². The SMILES string of the molecule is CCCCCCCCOc1ccc(N(C(=O)C(N)=O)c2ccc(OCCCCCCCC)cc2)cc1. The molecular formula is C30H44N2O4. The van der Waals surface area contributed by atoms with Crippen molar-refractivity contribution in [1.29, 1.82) is 0 Å². The first-order valence-electron chi connectivity index (χ1n) is 13.7. The fraction of sp³-hybridized carbons (Fsp3) is 0.533. The van der Waals surface area contributed by atoms with Gasteiger partial charge in [-0.2, -0.15) is 0 Å². The van der Waals surface area contributed by atoms with Crippen LogP contribution in [0.2, 0.25) is 0 Å². The van der Waals surface area contributed by atoms with Crippen molar-refractivity contribution in [3.63, 3.8) is 0 Å². The van der Waals surface area contributed by atoms with Crippen LogP contribution < -0.4 is 20.1 Å². The van der Waals surface area contributed by atoms with Crippen LogP contribution in [0, 0.1) is 0 Å². The van der Waals surface area contributed by atoms with Crippen molar-refractivity contribution in [2.45, 2.75) is 90.9 Å². The first-order chi connectivity index (χ1) is 17.6. The Labute approximate surface area is 217 Å². The van der Waals surface area contributed by atoms with Crippen molar-refractivity contribution in [3.8, 4) is 11.5 Å². The monoisotopic (exact) mass is 496 g/mol. The van der Waals surface area contributed by atoms with Crippen LogP contribution in [0.4, 0.5) is 11.4 Å². The van der Waals surface area contributed by atoms with E-state index < -0.39 is 11.8 Å². The molecule has 0 bridgehead atoms. The lowest BCUT2D eigenvalue weighted by molar-refractivity contribution is -0.135. The quantitative estimate of drug-likeness (QED) is 0.173. The summed E-state index contributed by atoms with van der Waals surface area (Å²) in [6, 6.07) is 14.3. The molecule has 0 saturated heterocycles. The van der Waals surface area contributed by atoms with E-state index in [0.717, 1.165) is 37.2 Å². The minimum absolute atomic E-state index is 0.548. The van der Waals surface area contributed by atoms with Crippen LogP contribution in [0.3, 0.4) is 0 Å². The smallest absolute Gasteiger partial charge is 0.320 e. The molecule has 0 aliphatic heterocycles. The summed E-state index contributed by atoms with van der Waals surface area (Å²) in [5.74, 6) is -0.340. The van der Waals surface area contributed by atoms with Gasteiger partial charge in [0.1, 0.15) is 11.5 Å². The molecule has 2 rings (SSSR count). The highest BCUT2D eigenvalue weighted by Crippen LogP contribution is 2.29. The van der Waals surface area contributed by atoms with Crippen molar-refractivity contribution < 1.29 is 19.1 Å². The van der Waals surface area contributed by atoms with Gasteiger partial charge in [-0.3, -0.25) is 14.5 Å². The maximum absolute atomic E-state index is 12.6. The van der Waals surface area contributed by atoms with E-state index in [-0.39, 0.29) is 0 Å². The number of unbranched alkanes of at least 4 members (excludes halogenated alkanes) is 10. The van der Waals surface area contributed by atoms with E-state index in [1.807, 2.05) is 24.3 Å². The third kappa shape index (κ3) is 10.7. The Kier molecular flexibility index (Phi) is 14.1. The molecule has 0 aliphatic rings. The molecule has 0 radical (unpaired) electrons. The molecule has 0 atom stereocenters. The molecule has 2 N–H and O–H groups in total. The molecule has 0 heterocycles. The lowest BCUT2D eigenvalue weighted by Gasteiger charge is -2.22. The second-order valence-electron chi connectivity index (χ2n) is 9.23. The van der Waals surface area contributed by atoms with E-state index in [4.69, 9.17) is 15.2 Å². The van der Waals surface area contributed by atoms with Crippen LogP contribution in [0.25, 0.3) is 0 Å². The maximum Gasteiger partial charge on any atom is 0.320 e. The summed E-state index contributed by atoms with van der Waals surface area (Å²) in [5, 5.41) is 0. The number of nitrogens with zero attached hydrogens (tertiary/aromatic N) is 1. The van der Waals surface area contributed by atoms with Gasteiger partial charge in [0.15, 0.2) is 0 Å². The molecule has 6 nitrogen and oxygen atoms in total. The van der Waals surface area contributed by atoms with Crippen molar-refractivity contribution in [3.05, 3.63) is 48.5 Å². The van der Waals surface area contributed by atoms with Crippen LogP contribution in [0.1, 0.15) is 90.9 Å². The molecule has 0 saturated carbocycles. The normalized spacial score (nSPS) is 10.7. The Morgan fingerprint density at radius 1 is 0.611 bits per heavy atom. The number of rotatable bonds is 18. The molecule has 0 fully saturated rings. The second-order valence-corrected chi connectivity index (χ2v) is 9.23. The Balaban J connectivity index is 1.92. The van der Waals surface area contributed by atoms with Gasteiger partial charge in [-0.25, -0.2) is 0 Å². The molecule has 2 amide bonds. The second kappa shape index (κ2) is 17.4. The van der Waals surface area contributed by atoms with Crippen molar-refractivity contribution >= 4 is 23.2 Å². The number of ether oxygens (including phenoxy) is 2. The van der Waals surface area contributed by atoms with Gasteiger partial charge >= 0.3 is 11.8 Å². The van der Waals surface area contributed by atoms with Crippen molar-refractivity contribution in [2.24, 2.45) is 5.73 Å². The summed E-state index contributed by atoms with van der Waals surface area (Å²) < 4.78 is 11.7. The number of nitrogens with two attached hydrogens (primary N) is 1. The number of primary amides is 1. The zero-order chi connectivity index (χ0) is 26.0. The Morgan fingerprint density at radius 3 is 1.33 bits per heavy atom. The van der Waals surface area contributed by atoms with E-state index in [9.17, 15) is 9.59 Å². The molecule has 0 unspecified atom stereocenters. The van der Waals surface area contributed by atoms with Crippen molar-refractivity contribution in [1.82, 2.24) is 0 Å². The molecule has 2 aromatic rings. The van der Waals surface area contributed by atoms with Gasteiger partial charge in [-0.1, -0.05) is 78.1 Å². The highest BCUT2D eigenvalue weighted by atomic mass is 16.5. The summed E-state index contributed by atoms with van der Waals surface area (Å²) in [6.07, 6.45) is 14.5. The first kappa shape index (κ1) is 29.2. The fourth-order valence-electron chi connectivity index (χ4n) is 4.02. The largest absolute Gasteiger partial charge is 0.494 e. The first-order valence-corrected chi connectivity index (χ1v) is 13.7. The molecule has 0 aliphatic carbocycles. The highest BCUT2D eigenvalue weighted by Gasteiger charge is 2.23. The number of anilines is 2. The number of benzene rings is 2. The van der Waals surface area contributed by atoms with Gasteiger partial charge in [-0.05, 0) is 61.4 Å². The molecule has 6 heteroatoms. The van der Waals surface area contributed by atoms with Crippen LogP contribution in [-0.4, -0.2) is 25.0 Å². The Bertz CT molecular complexity index is 819.